The summed E-state index contributed by atoms with van der Waals surface area (Å²) in [6.07, 6.45) is 7.49. The quantitative estimate of drug-likeness (QED) is 0.837. The molecule has 4 nitrogen and oxygen atoms in total. The van der Waals surface area contributed by atoms with Gasteiger partial charge >= 0.3 is 0 Å². The van der Waals surface area contributed by atoms with Crippen LogP contribution in [0, 0.1) is 11.8 Å². The van der Waals surface area contributed by atoms with E-state index >= 15 is 0 Å². The minimum atomic E-state index is -0.141. The summed E-state index contributed by atoms with van der Waals surface area (Å²) in [6, 6.07) is 5.98. The average Bonchev–Trinajstić information content (AvgIpc) is 2.41. The number of nitrogens with two attached hydrogens (primary N) is 2. The Morgan fingerprint density at radius 2 is 1.72 bits per heavy atom. The number of hydrogen-bond donors (Lipinski definition) is 2. The van der Waals surface area contributed by atoms with Crippen LogP contribution in [-0.2, 0) is 4.79 Å². The molecule has 0 bridgehead atoms. The molecule has 2 rings (SSSR count). The molecule has 1 aliphatic rings. The zero-order valence-electron chi connectivity index (χ0n) is 11.0. The van der Waals surface area contributed by atoms with Crippen molar-refractivity contribution >= 4 is 5.91 Å². The summed E-state index contributed by atoms with van der Waals surface area (Å²) in [4.78, 5) is 14.6. The number of nitrogens with zero attached hydrogens (tertiary/aromatic N) is 1. The van der Waals surface area contributed by atoms with E-state index in [1.165, 1.54) is 0 Å². The van der Waals surface area contributed by atoms with E-state index in [4.69, 9.17) is 11.5 Å². The third kappa shape index (κ3) is 5.27. The summed E-state index contributed by atoms with van der Waals surface area (Å²) in [6.45, 7) is 2.04. The minimum absolute atomic E-state index is 0.111. The second-order valence-corrected chi connectivity index (χ2v) is 4.90. The molecule has 0 aliphatic heterocycles. The lowest BCUT2D eigenvalue weighted by Crippen LogP contribution is -2.34. The predicted octanol–water partition coefficient (Wildman–Crippen LogP) is 1.71. The molecule has 1 aromatic rings. The lowest BCUT2D eigenvalue weighted by Gasteiger charge is -2.28. The highest BCUT2D eigenvalue weighted by molar-refractivity contribution is 5.76. The van der Waals surface area contributed by atoms with Gasteiger partial charge in [-0.1, -0.05) is 6.07 Å². The van der Waals surface area contributed by atoms with Crippen LogP contribution in [0.3, 0.4) is 0 Å². The van der Waals surface area contributed by atoms with Crippen LogP contribution in [-0.4, -0.2) is 16.9 Å². The predicted molar refractivity (Wildman–Crippen MR) is 72.5 cm³/mol. The summed E-state index contributed by atoms with van der Waals surface area (Å²) >= 11 is 0. The fraction of sp³-hybridized carbons (Fsp3) is 0.571. The smallest absolute Gasteiger partial charge is 0.220 e. The molecule has 1 unspecified atom stereocenters. The molecule has 1 aliphatic carbocycles. The van der Waals surface area contributed by atoms with Gasteiger partial charge in [-0.05, 0) is 50.7 Å². The standard InChI is InChI=1S/C9H18N2O.C5H5N/c1-6(10)7-2-4-8(5-3-7)9(11)12;1-2-4-6-5-3-1/h6-8H,2-5,10H2,1H3,(H2,11,12);1-5H. The van der Waals surface area contributed by atoms with Gasteiger partial charge in [0.2, 0.25) is 5.91 Å². The SMILES string of the molecule is CC(N)C1CCC(C(N)=O)CC1.c1ccncc1. The molecule has 1 atom stereocenters. The molecule has 0 radical (unpaired) electrons. The molecule has 1 saturated carbocycles. The summed E-state index contributed by atoms with van der Waals surface area (Å²) in [5.41, 5.74) is 11.0. The van der Waals surface area contributed by atoms with Gasteiger partial charge in [0.1, 0.15) is 0 Å². The van der Waals surface area contributed by atoms with Crippen LogP contribution in [0.15, 0.2) is 30.6 Å². The van der Waals surface area contributed by atoms with E-state index < -0.39 is 0 Å². The van der Waals surface area contributed by atoms with Crippen molar-refractivity contribution in [2.75, 3.05) is 0 Å². The van der Waals surface area contributed by atoms with E-state index in [9.17, 15) is 4.79 Å². The second-order valence-electron chi connectivity index (χ2n) is 4.90. The van der Waals surface area contributed by atoms with Gasteiger partial charge in [0.25, 0.3) is 0 Å². The van der Waals surface area contributed by atoms with Gasteiger partial charge in [-0.2, -0.15) is 0 Å². The van der Waals surface area contributed by atoms with Gasteiger partial charge in [0, 0.05) is 24.4 Å². The monoisotopic (exact) mass is 249 g/mol. The Labute approximate surface area is 109 Å². The summed E-state index contributed by atoms with van der Waals surface area (Å²) < 4.78 is 0. The van der Waals surface area contributed by atoms with Gasteiger partial charge in [-0.3, -0.25) is 9.78 Å². The van der Waals surface area contributed by atoms with Crippen molar-refractivity contribution in [3.05, 3.63) is 30.6 Å². The number of pyridine rings is 1. The second kappa shape index (κ2) is 7.82. The first-order valence-electron chi connectivity index (χ1n) is 6.51. The summed E-state index contributed by atoms with van der Waals surface area (Å²) in [5.74, 6) is 0.568. The first-order valence-corrected chi connectivity index (χ1v) is 6.51. The van der Waals surface area contributed by atoms with Crippen LogP contribution in [0.25, 0.3) is 0 Å². The lowest BCUT2D eigenvalue weighted by atomic mass is 9.79. The van der Waals surface area contributed by atoms with E-state index in [0.717, 1.165) is 25.7 Å². The molecule has 0 saturated heterocycles. The molecule has 0 spiro atoms. The van der Waals surface area contributed by atoms with Gasteiger partial charge < -0.3 is 11.5 Å². The largest absolute Gasteiger partial charge is 0.369 e. The van der Waals surface area contributed by atoms with Crippen LogP contribution in [0.1, 0.15) is 32.6 Å². The van der Waals surface area contributed by atoms with Crippen molar-refractivity contribution in [2.45, 2.75) is 38.6 Å². The van der Waals surface area contributed by atoms with E-state index in [0.29, 0.717) is 5.92 Å². The fourth-order valence-electron chi connectivity index (χ4n) is 2.24. The van der Waals surface area contributed by atoms with Crippen molar-refractivity contribution in [1.29, 1.82) is 0 Å². The molecule has 100 valence electrons. The number of aromatic nitrogens is 1. The third-order valence-corrected chi connectivity index (χ3v) is 3.48. The van der Waals surface area contributed by atoms with Gasteiger partial charge in [0.15, 0.2) is 0 Å². The maximum absolute atomic E-state index is 10.8. The van der Waals surface area contributed by atoms with E-state index in [-0.39, 0.29) is 17.9 Å². The van der Waals surface area contributed by atoms with Crippen LogP contribution in [0.2, 0.25) is 0 Å². The van der Waals surface area contributed by atoms with Gasteiger partial charge in [0.05, 0.1) is 0 Å². The summed E-state index contributed by atoms with van der Waals surface area (Å²) in [5, 5.41) is 0. The fourth-order valence-corrected chi connectivity index (χ4v) is 2.24. The number of amides is 1. The number of carbonyl (C=O) groups is 1. The van der Waals surface area contributed by atoms with E-state index in [1.54, 1.807) is 12.4 Å². The Morgan fingerprint density at radius 1 is 1.17 bits per heavy atom. The lowest BCUT2D eigenvalue weighted by molar-refractivity contribution is -0.123. The minimum Gasteiger partial charge on any atom is -0.369 e. The highest BCUT2D eigenvalue weighted by Gasteiger charge is 2.26. The molecule has 4 N–H and O–H groups in total. The number of hydrogen-bond acceptors (Lipinski definition) is 3. The Hall–Kier alpha value is -1.42. The van der Waals surface area contributed by atoms with Crippen LogP contribution >= 0.6 is 0 Å². The highest BCUT2D eigenvalue weighted by atomic mass is 16.1. The molecule has 0 aromatic carbocycles. The molecular weight excluding hydrogens is 226 g/mol. The number of rotatable bonds is 2. The normalized spacial score (nSPS) is 24.6. The first-order chi connectivity index (χ1) is 8.61. The Bertz CT molecular complexity index is 305. The molecule has 1 heterocycles. The Kier molecular flexibility index (Phi) is 6.36. The Morgan fingerprint density at radius 3 is 2.00 bits per heavy atom. The zero-order chi connectivity index (χ0) is 13.4. The Balaban J connectivity index is 0.000000225. The van der Waals surface area contributed by atoms with Crippen molar-refractivity contribution in [2.24, 2.45) is 23.3 Å². The van der Waals surface area contributed by atoms with E-state index in [1.807, 2.05) is 25.1 Å². The first kappa shape index (κ1) is 14.6. The van der Waals surface area contributed by atoms with Crippen LogP contribution in [0.5, 0.6) is 0 Å². The van der Waals surface area contributed by atoms with Crippen molar-refractivity contribution < 1.29 is 4.79 Å². The van der Waals surface area contributed by atoms with E-state index in [2.05, 4.69) is 4.98 Å². The molecule has 1 aromatic heterocycles. The molecule has 4 heteroatoms. The average molecular weight is 249 g/mol. The van der Waals surface area contributed by atoms with Gasteiger partial charge in [-0.15, -0.1) is 0 Å². The number of primary amides is 1. The number of carbonyl (C=O) groups excluding carboxylic acids is 1. The highest BCUT2D eigenvalue weighted by Crippen LogP contribution is 2.29. The van der Waals surface area contributed by atoms with Crippen molar-refractivity contribution in [3.63, 3.8) is 0 Å². The third-order valence-electron chi connectivity index (χ3n) is 3.48. The van der Waals surface area contributed by atoms with Crippen LogP contribution < -0.4 is 11.5 Å². The molecule has 1 amide bonds. The molecular formula is C14H23N3O. The van der Waals surface area contributed by atoms with Crippen molar-refractivity contribution in [3.8, 4) is 0 Å². The topological polar surface area (TPSA) is 82.0 Å². The molecule has 18 heavy (non-hydrogen) atoms. The maximum atomic E-state index is 10.8. The van der Waals surface area contributed by atoms with Gasteiger partial charge in [-0.25, -0.2) is 0 Å². The zero-order valence-corrected chi connectivity index (χ0v) is 11.0. The maximum Gasteiger partial charge on any atom is 0.220 e. The van der Waals surface area contributed by atoms with Crippen LogP contribution in [0.4, 0.5) is 0 Å². The molecule has 1 fully saturated rings. The van der Waals surface area contributed by atoms with Crippen molar-refractivity contribution in [1.82, 2.24) is 4.98 Å². The summed E-state index contributed by atoms with van der Waals surface area (Å²) in [7, 11) is 0.